The van der Waals surface area contributed by atoms with Crippen molar-refractivity contribution >= 4 is 17.5 Å². The molecule has 2 amide bonds. The number of piperidine rings is 1. The van der Waals surface area contributed by atoms with E-state index in [0.717, 1.165) is 44.5 Å². The van der Waals surface area contributed by atoms with Crippen molar-refractivity contribution in [2.45, 2.75) is 32.6 Å². The van der Waals surface area contributed by atoms with Crippen LogP contribution in [0.15, 0.2) is 42.7 Å². The molecule has 0 radical (unpaired) electrons. The maximum Gasteiger partial charge on any atom is 0.259 e. The molecular formula is C22H25N3O2. The van der Waals surface area contributed by atoms with E-state index in [1.807, 2.05) is 28.0 Å². The van der Waals surface area contributed by atoms with Gasteiger partial charge in [-0.15, -0.1) is 0 Å². The SMILES string of the molecule is CC1CCN(C(=O)c2cncc(C(=O)N3CCCc4ccccc43)c2)CC1. The molecule has 1 aromatic heterocycles. The molecule has 4 rings (SSSR count). The van der Waals surface area contributed by atoms with E-state index in [0.29, 0.717) is 23.6 Å². The Morgan fingerprint density at radius 1 is 1.00 bits per heavy atom. The Morgan fingerprint density at radius 2 is 1.70 bits per heavy atom. The topological polar surface area (TPSA) is 53.5 Å². The summed E-state index contributed by atoms with van der Waals surface area (Å²) in [5.74, 6) is 0.555. The lowest BCUT2D eigenvalue weighted by molar-refractivity contribution is 0.0697. The predicted octanol–water partition coefficient (Wildman–Crippen LogP) is 3.55. The third-order valence-electron chi connectivity index (χ3n) is 5.66. The largest absolute Gasteiger partial charge is 0.339 e. The van der Waals surface area contributed by atoms with Crippen molar-refractivity contribution in [2.75, 3.05) is 24.5 Å². The first-order chi connectivity index (χ1) is 13.1. The molecule has 5 nitrogen and oxygen atoms in total. The number of carbonyl (C=O) groups excluding carboxylic acids is 2. The van der Waals surface area contributed by atoms with Crippen molar-refractivity contribution in [1.82, 2.24) is 9.88 Å². The molecule has 27 heavy (non-hydrogen) atoms. The summed E-state index contributed by atoms with van der Waals surface area (Å²) in [7, 11) is 0. The molecule has 0 N–H and O–H groups in total. The van der Waals surface area contributed by atoms with E-state index in [4.69, 9.17) is 0 Å². The van der Waals surface area contributed by atoms with Crippen molar-refractivity contribution in [3.05, 3.63) is 59.4 Å². The lowest BCUT2D eigenvalue weighted by Crippen LogP contribution is -2.38. The molecule has 2 aromatic rings. The smallest absolute Gasteiger partial charge is 0.259 e. The number of hydrogen-bond acceptors (Lipinski definition) is 3. The highest BCUT2D eigenvalue weighted by molar-refractivity contribution is 6.08. The van der Waals surface area contributed by atoms with E-state index in [-0.39, 0.29) is 11.8 Å². The van der Waals surface area contributed by atoms with Gasteiger partial charge in [0.15, 0.2) is 0 Å². The maximum absolute atomic E-state index is 13.1. The highest BCUT2D eigenvalue weighted by Gasteiger charge is 2.26. The van der Waals surface area contributed by atoms with E-state index >= 15 is 0 Å². The normalized spacial score (nSPS) is 17.5. The van der Waals surface area contributed by atoms with Crippen LogP contribution in [0, 0.1) is 5.92 Å². The predicted molar refractivity (Wildman–Crippen MR) is 105 cm³/mol. The van der Waals surface area contributed by atoms with Gasteiger partial charge in [-0.05, 0) is 49.3 Å². The first-order valence-electron chi connectivity index (χ1n) is 9.77. The zero-order chi connectivity index (χ0) is 18.8. The molecule has 1 fully saturated rings. The highest BCUT2D eigenvalue weighted by atomic mass is 16.2. The second-order valence-corrected chi connectivity index (χ2v) is 7.63. The number of pyridine rings is 1. The lowest BCUT2D eigenvalue weighted by Gasteiger charge is -2.31. The summed E-state index contributed by atoms with van der Waals surface area (Å²) in [5, 5.41) is 0. The minimum absolute atomic E-state index is 0.0249. The average molecular weight is 363 g/mol. The molecule has 0 saturated carbocycles. The Hall–Kier alpha value is -2.69. The Bertz CT molecular complexity index is 856. The number of fused-ring (bicyclic) bond motifs is 1. The zero-order valence-electron chi connectivity index (χ0n) is 15.7. The average Bonchev–Trinajstić information content (AvgIpc) is 2.73. The third kappa shape index (κ3) is 3.59. The van der Waals surface area contributed by atoms with Gasteiger partial charge in [-0.25, -0.2) is 0 Å². The number of benzene rings is 1. The lowest BCUT2D eigenvalue weighted by atomic mass is 9.98. The maximum atomic E-state index is 13.1. The van der Waals surface area contributed by atoms with Crippen LogP contribution in [0.5, 0.6) is 0 Å². The van der Waals surface area contributed by atoms with Crippen LogP contribution in [0.4, 0.5) is 5.69 Å². The van der Waals surface area contributed by atoms with Gasteiger partial charge in [0, 0.05) is 37.7 Å². The molecule has 2 aliphatic rings. The van der Waals surface area contributed by atoms with Crippen molar-refractivity contribution in [3.63, 3.8) is 0 Å². The second kappa shape index (κ2) is 7.51. The van der Waals surface area contributed by atoms with Crippen LogP contribution in [0.2, 0.25) is 0 Å². The second-order valence-electron chi connectivity index (χ2n) is 7.63. The number of aryl methyl sites for hydroxylation is 1. The minimum Gasteiger partial charge on any atom is -0.339 e. The van der Waals surface area contributed by atoms with Gasteiger partial charge < -0.3 is 9.80 Å². The van der Waals surface area contributed by atoms with Crippen LogP contribution in [-0.4, -0.2) is 41.3 Å². The summed E-state index contributed by atoms with van der Waals surface area (Å²) in [6, 6.07) is 9.73. The zero-order valence-corrected chi connectivity index (χ0v) is 15.7. The molecule has 0 atom stereocenters. The molecule has 0 bridgehead atoms. The Morgan fingerprint density at radius 3 is 2.48 bits per heavy atom. The van der Waals surface area contributed by atoms with Crippen molar-refractivity contribution in [1.29, 1.82) is 0 Å². The van der Waals surface area contributed by atoms with Gasteiger partial charge in [-0.3, -0.25) is 14.6 Å². The Kier molecular flexibility index (Phi) is 4.92. The van der Waals surface area contributed by atoms with Crippen LogP contribution in [0.1, 0.15) is 52.5 Å². The summed E-state index contributed by atoms with van der Waals surface area (Å²) >= 11 is 0. The molecule has 140 valence electrons. The number of aromatic nitrogens is 1. The quantitative estimate of drug-likeness (QED) is 0.820. The number of rotatable bonds is 2. The summed E-state index contributed by atoms with van der Waals surface area (Å²) in [6.45, 7) is 4.46. The minimum atomic E-state index is -0.0865. The van der Waals surface area contributed by atoms with Gasteiger partial charge in [0.2, 0.25) is 0 Å². The van der Waals surface area contributed by atoms with Crippen LogP contribution < -0.4 is 4.90 Å². The molecule has 2 aliphatic heterocycles. The molecule has 5 heteroatoms. The fourth-order valence-corrected chi connectivity index (χ4v) is 3.97. The van der Waals surface area contributed by atoms with E-state index in [9.17, 15) is 9.59 Å². The van der Waals surface area contributed by atoms with Gasteiger partial charge in [0.1, 0.15) is 0 Å². The number of carbonyl (C=O) groups is 2. The Labute approximate surface area is 160 Å². The molecule has 1 saturated heterocycles. The van der Waals surface area contributed by atoms with Gasteiger partial charge >= 0.3 is 0 Å². The van der Waals surface area contributed by atoms with Crippen LogP contribution in [0.3, 0.4) is 0 Å². The van der Waals surface area contributed by atoms with E-state index in [2.05, 4.69) is 18.0 Å². The van der Waals surface area contributed by atoms with Crippen molar-refractivity contribution in [2.24, 2.45) is 5.92 Å². The first-order valence-corrected chi connectivity index (χ1v) is 9.77. The first kappa shape index (κ1) is 17.7. The van der Waals surface area contributed by atoms with Crippen molar-refractivity contribution < 1.29 is 9.59 Å². The molecule has 0 aliphatic carbocycles. The number of hydrogen-bond donors (Lipinski definition) is 0. The Balaban J connectivity index is 1.56. The van der Waals surface area contributed by atoms with E-state index in [1.54, 1.807) is 18.5 Å². The van der Waals surface area contributed by atoms with Crippen molar-refractivity contribution in [3.8, 4) is 0 Å². The van der Waals surface area contributed by atoms with Gasteiger partial charge in [-0.2, -0.15) is 0 Å². The standard InChI is InChI=1S/C22H25N3O2/c1-16-8-11-24(12-9-16)21(26)18-13-19(15-23-14-18)22(27)25-10-4-6-17-5-2-3-7-20(17)25/h2-3,5,7,13-16H,4,6,8-12H2,1H3. The number of nitrogens with zero attached hydrogens (tertiary/aromatic N) is 3. The number of likely N-dealkylation sites (tertiary alicyclic amines) is 1. The van der Waals surface area contributed by atoms with E-state index < -0.39 is 0 Å². The van der Waals surface area contributed by atoms with Gasteiger partial charge in [0.05, 0.1) is 11.1 Å². The molecule has 1 aromatic carbocycles. The molecule has 3 heterocycles. The number of para-hydroxylation sites is 1. The number of anilines is 1. The summed E-state index contributed by atoms with van der Waals surface area (Å²) < 4.78 is 0. The third-order valence-corrected chi connectivity index (χ3v) is 5.66. The van der Waals surface area contributed by atoms with Gasteiger partial charge in [0.25, 0.3) is 11.8 Å². The highest BCUT2D eigenvalue weighted by Crippen LogP contribution is 2.28. The van der Waals surface area contributed by atoms with Crippen LogP contribution >= 0.6 is 0 Å². The number of amides is 2. The monoisotopic (exact) mass is 363 g/mol. The van der Waals surface area contributed by atoms with E-state index in [1.165, 1.54) is 5.56 Å². The fraction of sp³-hybridized carbons (Fsp3) is 0.409. The fourth-order valence-electron chi connectivity index (χ4n) is 3.97. The molecule has 0 spiro atoms. The summed E-state index contributed by atoms with van der Waals surface area (Å²) in [4.78, 5) is 33.8. The summed E-state index contributed by atoms with van der Waals surface area (Å²) in [5.41, 5.74) is 3.14. The van der Waals surface area contributed by atoms with Gasteiger partial charge in [-0.1, -0.05) is 25.1 Å². The van der Waals surface area contributed by atoms with Crippen LogP contribution in [-0.2, 0) is 6.42 Å². The molecule has 0 unspecified atom stereocenters. The molecular weight excluding hydrogens is 338 g/mol. The van der Waals surface area contributed by atoms with Crippen LogP contribution in [0.25, 0.3) is 0 Å². The summed E-state index contributed by atoms with van der Waals surface area (Å²) in [6.07, 6.45) is 7.13.